The van der Waals surface area contributed by atoms with Gasteiger partial charge in [0.25, 0.3) is 0 Å². The summed E-state index contributed by atoms with van der Waals surface area (Å²) in [6.45, 7) is 4.76. The van der Waals surface area contributed by atoms with Crippen LogP contribution in [0.3, 0.4) is 0 Å². The molecule has 0 fully saturated rings. The van der Waals surface area contributed by atoms with Crippen molar-refractivity contribution in [2.24, 2.45) is 0 Å². The largest absolute Gasteiger partial charge is 0.460 e. The molecule has 4 heteroatoms. The van der Waals surface area contributed by atoms with Crippen LogP contribution in [-0.2, 0) is 5.41 Å². The Morgan fingerprint density at radius 1 is 0.778 bits per heavy atom. The number of allylic oxidation sites excluding steroid dienone is 2. The first-order chi connectivity index (χ1) is 22.1. The highest BCUT2D eigenvalue weighted by Gasteiger charge is 2.47. The first kappa shape index (κ1) is 25.3. The van der Waals surface area contributed by atoms with Crippen molar-refractivity contribution in [3.05, 3.63) is 155 Å². The van der Waals surface area contributed by atoms with E-state index >= 15 is 0 Å². The lowest BCUT2D eigenvalue weighted by molar-refractivity contribution is 0.346. The maximum atomic E-state index is 6.64. The zero-order chi connectivity index (χ0) is 29.9. The van der Waals surface area contributed by atoms with Gasteiger partial charge in [0.15, 0.2) is 0 Å². The Hall–Kier alpha value is -5.06. The number of para-hydroxylation sites is 2. The Bertz CT molecular complexity index is 2330. The molecule has 0 spiro atoms. The maximum absolute atomic E-state index is 6.64. The van der Waals surface area contributed by atoms with Crippen LogP contribution < -0.4 is 15.4 Å². The van der Waals surface area contributed by atoms with Crippen molar-refractivity contribution < 1.29 is 4.74 Å². The molecule has 3 atom stereocenters. The molecule has 0 amide bonds. The van der Waals surface area contributed by atoms with Gasteiger partial charge in [-0.15, -0.1) is 0 Å². The Morgan fingerprint density at radius 2 is 1.53 bits per heavy atom. The van der Waals surface area contributed by atoms with Gasteiger partial charge in [0.2, 0.25) is 0 Å². The van der Waals surface area contributed by atoms with Crippen LogP contribution in [-0.4, -0.2) is 10.7 Å². The molecule has 4 nitrogen and oxygen atoms in total. The van der Waals surface area contributed by atoms with Gasteiger partial charge in [0.1, 0.15) is 23.8 Å². The molecule has 1 aromatic heterocycles. The molecule has 2 aliphatic heterocycles. The monoisotopic (exact) mass is 583 g/mol. The number of fused-ring (bicyclic) bond motifs is 9. The molecule has 3 unspecified atom stereocenters. The molecular weight excluding hydrogens is 550 g/mol. The van der Waals surface area contributed by atoms with Gasteiger partial charge >= 0.3 is 0 Å². The first-order valence-electron chi connectivity index (χ1n) is 16.0. The van der Waals surface area contributed by atoms with Gasteiger partial charge in [-0.3, -0.25) is 5.32 Å². The molecular formula is C41H33N3O. The van der Waals surface area contributed by atoms with Gasteiger partial charge in [-0.05, 0) is 47.0 Å². The fourth-order valence-electron chi connectivity index (χ4n) is 8.58. The zero-order valence-corrected chi connectivity index (χ0v) is 25.3. The Kier molecular flexibility index (Phi) is 5.05. The second kappa shape index (κ2) is 8.99. The Balaban J connectivity index is 1.24. The Labute approximate surface area is 262 Å². The van der Waals surface area contributed by atoms with Crippen LogP contribution in [0.2, 0.25) is 0 Å². The number of hydrogen-bond acceptors (Lipinski definition) is 3. The highest BCUT2D eigenvalue weighted by atomic mass is 16.5. The lowest BCUT2D eigenvalue weighted by Crippen LogP contribution is -2.52. The summed E-state index contributed by atoms with van der Waals surface area (Å²) in [4.78, 5) is 0. The smallest absolute Gasteiger partial charge is 0.130 e. The molecule has 10 rings (SSSR count). The highest BCUT2D eigenvalue weighted by molar-refractivity contribution is 6.13. The minimum absolute atomic E-state index is 0.0946. The molecule has 2 aliphatic carbocycles. The molecule has 218 valence electrons. The fraction of sp³-hybridized carbons (Fsp3) is 0.171. The molecule has 45 heavy (non-hydrogen) atoms. The lowest BCUT2D eigenvalue weighted by Gasteiger charge is -2.41. The molecule has 0 saturated carbocycles. The third-order valence-corrected chi connectivity index (χ3v) is 10.6. The summed E-state index contributed by atoms with van der Waals surface area (Å²) < 4.78 is 9.20. The summed E-state index contributed by atoms with van der Waals surface area (Å²) >= 11 is 0. The van der Waals surface area contributed by atoms with E-state index in [-0.39, 0.29) is 23.7 Å². The standard InChI is InChI=1S/C41H33N3O/c1-41(2)32-19-8-5-16-29(32)37-36(41)40(43-39(42-37)30-18-11-17-28-27-15-7-10-21-35(27)45-38(28)30)44-33-20-9-6-14-26(33)31-22-24-12-3-4-13-25(24)23-34(31)44/h3-16,18-23,28,39-40,42-43H,17H2,1-2H3. The van der Waals surface area contributed by atoms with Crippen molar-refractivity contribution in [2.45, 2.75) is 43.9 Å². The molecule has 4 aliphatic rings. The van der Waals surface area contributed by atoms with Crippen LogP contribution in [0.15, 0.2) is 138 Å². The van der Waals surface area contributed by atoms with E-state index in [4.69, 9.17) is 4.74 Å². The van der Waals surface area contributed by atoms with Crippen molar-refractivity contribution in [2.75, 3.05) is 0 Å². The molecule has 0 saturated heterocycles. The van der Waals surface area contributed by atoms with E-state index in [1.165, 1.54) is 66.1 Å². The van der Waals surface area contributed by atoms with Crippen molar-refractivity contribution >= 4 is 38.3 Å². The summed E-state index contributed by atoms with van der Waals surface area (Å²) in [6.07, 6.45) is 5.31. The van der Waals surface area contributed by atoms with Gasteiger partial charge in [-0.25, -0.2) is 0 Å². The van der Waals surface area contributed by atoms with Gasteiger partial charge in [0, 0.05) is 50.1 Å². The molecule has 5 aromatic carbocycles. The van der Waals surface area contributed by atoms with Crippen molar-refractivity contribution in [3.8, 4) is 5.75 Å². The van der Waals surface area contributed by atoms with Crippen LogP contribution in [0.4, 0.5) is 0 Å². The number of aromatic nitrogens is 1. The second-order valence-electron chi connectivity index (χ2n) is 13.4. The summed E-state index contributed by atoms with van der Waals surface area (Å²) in [5, 5.41) is 13.3. The summed E-state index contributed by atoms with van der Waals surface area (Å²) in [5.41, 5.74) is 10.0. The van der Waals surface area contributed by atoms with Crippen molar-refractivity contribution in [3.63, 3.8) is 0 Å². The molecule has 2 N–H and O–H groups in total. The van der Waals surface area contributed by atoms with Crippen LogP contribution in [0, 0.1) is 0 Å². The first-order valence-corrected chi connectivity index (χ1v) is 16.0. The van der Waals surface area contributed by atoms with Crippen molar-refractivity contribution in [1.82, 2.24) is 15.2 Å². The SMILES string of the molecule is CC1(C)C2=C(NC(C3=C4Oc5ccccc5C4CC=C3)NC2n2c3ccccc3c3cc4ccccc4cc32)c2ccccc21. The minimum atomic E-state index is -0.182. The van der Waals surface area contributed by atoms with Gasteiger partial charge in [-0.2, -0.15) is 0 Å². The number of hydrogen-bond donors (Lipinski definition) is 2. The number of rotatable bonds is 2. The van der Waals surface area contributed by atoms with Gasteiger partial charge < -0.3 is 14.6 Å². The van der Waals surface area contributed by atoms with Crippen LogP contribution >= 0.6 is 0 Å². The second-order valence-corrected chi connectivity index (χ2v) is 13.4. The van der Waals surface area contributed by atoms with Crippen LogP contribution in [0.5, 0.6) is 5.75 Å². The molecule has 3 heterocycles. The molecule has 0 radical (unpaired) electrons. The number of ether oxygens (including phenoxy) is 1. The Morgan fingerprint density at radius 3 is 2.44 bits per heavy atom. The normalized spacial score (nSPS) is 22.8. The quantitative estimate of drug-likeness (QED) is 0.214. The molecule has 6 aromatic rings. The maximum Gasteiger partial charge on any atom is 0.130 e. The summed E-state index contributed by atoms with van der Waals surface area (Å²) in [5.74, 6) is 2.28. The predicted octanol–water partition coefficient (Wildman–Crippen LogP) is 9.06. The molecule has 0 bridgehead atoms. The predicted molar refractivity (Wildman–Crippen MR) is 183 cm³/mol. The summed E-state index contributed by atoms with van der Waals surface area (Å²) in [7, 11) is 0. The van der Waals surface area contributed by atoms with E-state index < -0.39 is 0 Å². The van der Waals surface area contributed by atoms with E-state index in [2.05, 4.69) is 150 Å². The average molecular weight is 584 g/mol. The van der Waals surface area contributed by atoms with Gasteiger partial charge in [0.05, 0.1) is 11.0 Å². The van der Waals surface area contributed by atoms with E-state index in [1.807, 2.05) is 0 Å². The number of benzene rings is 5. The third kappa shape index (κ3) is 3.40. The zero-order valence-electron chi connectivity index (χ0n) is 25.3. The summed E-state index contributed by atoms with van der Waals surface area (Å²) in [6, 6.07) is 39.8. The third-order valence-electron chi connectivity index (χ3n) is 10.6. The van der Waals surface area contributed by atoms with E-state index in [1.54, 1.807) is 0 Å². The number of nitrogens with zero attached hydrogens (tertiary/aromatic N) is 1. The number of nitrogens with one attached hydrogen (secondary N) is 2. The average Bonchev–Trinajstić information content (AvgIpc) is 3.69. The van der Waals surface area contributed by atoms with E-state index in [0.29, 0.717) is 0 Å². The van der Waals surface area contributed by atoms with Crippen LogP contribution in [0.1, 0.15) is 49.0 Å². The lowest BCUT2D eigenvalue weighted by atomic mass is 9.79. The minimum Gasteiger partial charge on any atom is -0.460 e. The highest BCUT2D eigenvalue weighted by Crippen LogP contribution is 2.53. The van der Waals surface area contributed by atoms with E-state index in [9.17, 15) is 0 Å². The van der Waals surface area contributed by atoms with Crippen molar-refractivity contribution in [1.29, 1.82) is 0 Å². The topological polar surface area (TPSA) is 38.2 Å². The van der Waals surface area contributed by atoms with Crippen LogP contribution in [0.25, 0.3) is 38.3 Å². The van der Waals surface area contributed by atoms with E-state index in [0.717, 1.165) is 17.9 Å². The van der Waals surface area contributed by atoms with Gasteiger partial charge in [-0.1, -0.05) is 111 Å². The fourth-order valence-corrected chi connectivity index (χ4v) is 8.58.